The predicted octanol–water partition coefficient (Wildman–Crippen LogP) is 5.84. The first-order valence-electron chi connectivity index (χ1n) is 7.63. The molecule has 0 aliphatic heterocycles. The Morgan fingerprint density at radius 2 is 1.62 bits per heavy atom. The minimum atomic E-state index is -1.91. The quantitative estimate of drug-likeness (QED) is 0.464. The number of carbonyl (C=O) groups excluding carboxylic acids is 1. The van der Waals surface area contributed by atoms with E-state index in [1.807, 2.05) is 6.07 Å². The molecule has 4 heteroatoms. The van der Waals surface area contributed by atoms with Crippen LogP contribution < -0.4 is 0 Å². The highest BCUT2D eigenvalue weighted by molar-refractivity contribution is 6.77. The smallest absolute Gasteiger partial charge is 0.200 e. The zero-order valence-corrected chi connectivity index (χ0v) is 15.7. The average Bonchev–Trinajstić information content (AvgIpc) is 2.40. The fraction of sp³-hybridized carbons (Fsp3) is 0.588. The van der Waals surface area contributed by atoms with Gasteiger partial charge in [0.05, 0.1) is 6.61 Å². The van der Waals surface area contributed by atoms with E-state index in [2.05, 4.69) is 41.5 Å². The van der Waals surface area contributed by atoms with Crippen LogP contribution in [0.1, 0.15) is 57.5 Å². The Kier molecular flexibility index (Phi) is 6.63. The monoisotopic (exact) mass is 326 g/mol. The van der Waals surface area contributed by atoms with Crippen LogP contribution in [-0.4, -0.2) is 14.6 Å². The molecule has 0 unspecified atom stereocenters. The third kappa shape index (κ3) is 3.96. The molecule has 0 bridgehead atoms. The van der Waals surface area contributed by atoms with Gasteiger partial charge in [0.25, 0.3) is 0 Å². The summed E-state index contributed by atoms with van der Waals surface area (Å²) in [7, 11) is -1.91. The van der Waals surface area contributed by atoms with Crippen LogP contribution in [0.5, 0.6) is 0 Å². The van der Waals surface area contributed by atoms with Crippen LogP contribution in [0.15, 0.2) is 18.2 Å². The summed E-state index contributed by atoms with van der Waals surface area (Å²) in [6.45, 7) is 14.0. The van der Waals surface area contributed by atoms with Gasteiger partial charge in [0, 0.05) is 10.6 Å². The Balaban J connectivity index is 3.04. The van der Waals surface area contributed by atoms with Crippen molar-refractivity contribution in [3.8, 4) is 0 Å². The molecule has 0 amide bonds. The van der Waals surface area contributed by atoms with Gasteiger partial charge in [0.1, 0.15) is 6.29 Å². The zero-order valence-electron chi connectivity index (χ0n) is 13.9. The molecule has 0 aliphatic carbocycles. The number of hydrogen-bond donors (Lipinski definition) is 0. The molecule has 0 aliphatic rings. The molecule has 1 aromatic carbocycles. The van der Waals surface area contributed by atoms with Gasteiger partial charge in [-0.3, -0.25) is 4.79 Å². The molecule has 0 heterocycles. The molecule has 0 fully saturated rings. The van der Waals surface area contributed by atoms with Gasteiger partial charge in [0.15, 0.2) is 0 Å². The second-order valence-electron chi connectivity index (χ2n) is 6.58. The van der Waals surface area contributed by atoms with Crippen molar-refractivity contribution in [2.75, 3.05) is 0 Å². The van der Waals surface area contributed by atoms with Crippen molar-refractivity contribution in [2.45, 2.75) is 64.8 Å². The number of carbonyl (C=O) groups is 1. The molecular weight excluding hydrogens is 300 g/mol. The number of benzene rings is 1. The fourth-order valence-electron chi connectivity index (χ4n) is 3.48. The largest absolute Gasteiger partial charge is 0.412 e. The van der Waals surface area contributed by atoms with E-state index in [1.54, 1.807) is 12.1 Å². The second kappa shape index (κ2) is 7.57. The molecule has 1 aromatic rings. The summed E-state index contributed by atoms with van der Waals surface area (Å²) in [6, 6.07) is 5.33. The van der Waals surface area contributed by atoms with Crippen molar-refractivity contribution in [3.63, 3.8) is 0 Å². The van der Waals surface area contributed by atoms with Gasteiger partial charge in [-0.25, -0.2) is 0 Å². The first-order chi connectivity index (χ1) is 9.75. The fourth-order valence-corrected chi connectivity index (χ4v) is 9.06. The van der Waals surface area contributed by atoms with Gasteiger partial charge in [-0.05, 0) is 34.3 Å². The summed E-state index contributed by atoms with van der Waals surface area (Å²) in [5, 5.41) is 0.666. The molecule has 0 saturated heterocycles. The topological polar surface area (TPSA) is 26.3 Å². The molecule has 0 N–H and O–H groups in total. The molecular formula is C17H27ClO2Si. The van der Waals surface area contributed by atoms with E-state index in [1.165, 1.54) is 0 Å². The molecule has 0 spiro atoms. The van der Waals surface area contributed by atoms with Crippen LogP contribution in [0.4, 0.5) is 0 Å². The molecule has 21 heavy (non-hydrogen) atoms. The third-order valence-electron chi connectivity index (χ3n) is 4.39. The Hall–Kier alpha value is -0.643. The summed E-state index contributed by atoms with van der Waals surface area (Å²) >= 11 is 6.24. The summed E-state index contributed by atoms with van der Waals surface area (Å²) < 4.78 is 6.52. The Bertz CT molecular complexity index is 462. The van der Waals surface area contributed by atoms with Crippen molar-refractivity contribution in [2.24, 2.45) is 0 Å². The SMILES string of the molecule is CC(C)[Si](OCc1cc(C=O)ccc1Cl)(C(C)C)C(C)C. The minimum Gasteiger partial charge on any atom is -0.412 e. The van der Waals surface area contributed by atoms with Crippen molar-refractivity contribution in [1.29, 1.82) is 0 Å². The molecule has 0 saturated carbocycles. The molecule has 0 radical (unpaired) electrons. The van der Waals surface area contributed by atoms with Gasteiger partial charge in [-0.15, -0.1) is 0 Å². The summed E-state index contributed by atoms with van der Waals surface area (Å²) in [5.41, 5.74) is 3.14. The van der Waals surface area contributed by atoms with E-state index >= 15 is 0 Å². The number of halogens is 1. The number of aldehydes is 1. The van der Waals surface area contributed by atoms with Crippen LogP contribution in [0, 0.1) is 0 Å². The summed E-state index contributed by atoms with van der Waals surface area (Å²) in [5.74, 6) is 0. The van der Waals surface area contributed by atoms with Gasteiger partial charge in [-0.2, -0.15) is 0 Å². The summed E-state index contributed by atoms with van der Waals surface area (Å²) in [6.07, 6.45) is 0.845. The van der Waals surface area contributed by atoms with Crippen molar-refractivity contribution in [3.05, 3.63) is 34.3 Å². The molecule has 0 atom stereocenters. The lowest BCUT2D eigenvalue weighted by Gasteiger charge is -2.42. The van der Waals surface area contributed by atoms with E-state index in [-0.39, 0.29) is 0 Å². The van der Waals surface area contributed by atoms with Crippen molar-refractivity contribution >= 4 is 26.2 Å². The van der Waals surface area contributed by atoms with Crippen molar-refractivity contribution < 1.29 is 9.22 Å². The van der Waals surface area contributed by atoms with Crippen LogP contribution in [0.2, 0.25) is 21.6 Å². The number of rotatable bonds is 7. The first-order valence-corrected chi connectivity index (χ1v) is 10.1. The standard InChI is InChI=1S/C17H27ClO2Si/c1-12(2)21(13(3)4,14(5)6)20-11-16-9-15(10-19)7-8-17(16)18/h7-10,12-14H,11H2,1-6H3. The highest BCUT2D eigenvalue weighted by Gasteiger charge is 2.45. The molecule has 118 valence electrons. The Labute approximate surface area is 135 Å². The normalized spacial score (nSPS) is 12.5. The third-order valence-corrected chi connectivity index (χ3v) is 10.8. The van der Waals surface area contributed by atoms with Gasteiger partial charge in [-0.1, -0.05) is 59.2 Å². The van der Waals surface area contributed by atoms with Crippen LogP contribution >= 0.6 is 11.6 Å². The maximum absolute atomic E-state index is 10.9. The maximum Gasteiger partial charge on any atom is 0.200 e. The lowest BCUT2D eigenvalue weighted by atomic mass is 10.1. The predicted molar refractivity (Wildman–Crippen MR) is 92.7 cm³/mol. The summed E-state index contributed by atoms with van der Waals surface area (Å²) in [4.78, 5) is 10.9. The van der Waals surface area contributed by atoms with Crippen LogP contribution in [0.3, 0.4) is 0 Å². The number of hydrogen-bond acceptors (Lipinski definition) is 2. The maximum atomic E-state index is 10.9. The Morgan fingerprint density at radius 3 is 2.05 bits per heavy atom. The average molecular weight is 327 g/mol. The Morgan fingerprint density at radius 1 is 1.10 bits per heavy atom. The van der Waals surface area contributed by atoms with E-state index < -0.39 is 8.32 Å². The molecule has 2 nitrogen and oxygen atoms in total. The zero-order chi connectivity index (χ0) is 16.2. The van der Waals surface area contributed by atoms with E-state index in [9.17, 15) is 4.79 Å². The van der Waals surface area contributed by atoms with E-state index in [4.69, 9.17) is 16.0 Å². The van der Waals surface area contributed by atoms with E-state index in [0.29, 0.717) is 33.8 Å². The van der Waals surface area contributed by atoms with Crippen LogP contribution in [-0.2, 0) is 11.0 Å². The lowest BCUT2D eigenvalue weighted by Crippen LogP contribution is -2.47. The van der Waals surface area contributed by atoms with Gasteiger partial charge in [0.2, 0.25) is 8.32 Å². The highest BCUT2D eigenvalue weighted by Crippen LogP contribution is 2.43. The first kappa shape index (κ1) is 18.4. The van der Waals surface area contributed by atoms with Crippen LogP contribution in [0.25, 0.3) is 0 Å². The highest BCUT2D eigenvalue weighted by atomic mass is 35.5. The van der Waals surface area contributed by atoms with Gasteiger partial charge < -0.3 is 4.43 Å². The molecule has 1 rings (SSSR count). The minimum absolute atomic E-state index is 0.487. The lowest BCUT2D eigenvalue weighted by molar-refractivity contribution is 0.112. The second-order valence-corrected chi connectivity index (χ2v) is 12.4. The van der Waals surface area contributed by atoms with Crippen molar-refractivity contribution in [1.82, 2.24) is 0 Å². The van der Waals surface area contributed by atoms with Gasteiger partial charge >= 0.3 is 0 Å². The van der Waals surface area contributed by atoms with E-state index in [0.717, 1.165) is 11.8 Å². The molecule has 0 aromatic heterocycles.